The molecule has 0 saturated carbocycles. The third kappa shape index (κ3) is 2.07. The summed E-state index contributed by atoms with van der Waals surface area (Å²) in [5, 5.41) is 11.9. The van der Waals surface area contributed by atoms with E-state index in [1.54, 1.807) is 13.4 Å². The highest BCUT2D eigenvalue weighted by molar-refractivity contribution is 5.76. The van der Waals surface area contributed by atoms with Crippen molar-refractivity contribution < 1.29 is 5.11 Å². The zero-order valence-corrected chi connectivity index (χ0v) is 6.99. The van der Waals surface area contributed by atoms with Gasteiger partial charge < -0.3 is 10.4 Å². The number of nitrogens with one attached hydrogen (secondary N) is 1. The molecule has 0 spiro atoms. The molecule has 0 saturated heterocycles. The summed E-state index contributed by atoms with van der Waals surface area (Å²) in [6, 6.07) is 7.56. The first-order valence-corrected chi connectivity index (χ1v) is 3.74. The van der Waals surface area contributed by atoms with Crippen LogP contribution in [0.2, 0.25) is 0 Å². The monoisotopic (exact) mass is 164 g/mol. The van der Waals surface area contributed by atoms with E-state index >= 15 is 0 Å². The van der Waals surface area contributed by atoms with Gasteiger partial charge in [0.05, 0.1) is 12.9 Å². The van der Waals surface area contributed by atoms with Crippen molar-refractivity contribution in [3.8, 4) is 0 Å². The summed E-state index contributed by atoms with van der Waals surface area (Å²) >= 11 is 0. The van der Waals surface area contributed by atoms with Crippen LogP contribution in [-0.4, -0.2) is 18.5 Å². The quantitative estimate of drug-likeness (QED) is 0.521. The second-order valence-electron chi connectivity index (χ2n) is 2.35. The van der Waals surface area contributed by atoms with Crippen LogP contribution in [0, 0.1) is 0 Å². The smallest absolute Gasteiger partial charge is 0.0864 e. The summed E-state index contributed by atoms with van der Waals surface area (Å²) in [5.41, 5.74) is 1.77. The number of rotatable bonds is 3. The first kappa shape index (κ1) is 8.74. The van der Waals surface area contributed by atoms with Crippen LogP contribution in [-0.2, 0) is 6.61 Å². The predicted molar refractivity (Wildman–Crippen MR) is 50.4 cm³/mol. The Kier molecular flexibility index (Phi) is 3.29. The van der Waals surface area contributed by atoms with Gasteiger partial charge in [0.1, 0.15) is 0 Å². The lowest BCUT2D eigenvalue weighted by atomic mass is 10.2. The predicted octanol–water partition coefficient (Wildman–Crippen LogP) is 1.25. The summed E-state index contributed by atoms with van der Waals surface area (Å²) in [6.45, 7) is 0.0424. The number of para-hydroxylation sites is 1. The molecule has 0 unspecified atom stereocenters. The Morgan fingerprint density at radius 1 is 1.50 bits per heavy atom. The van der Waals surface area contributed by atoms with E-state index in [0.717, 1.165) is 11.3 Å². The molecule has 0 aliphatic heterocycles. The van der Waals surface area contributed by atoms with E-state index in [1.165, 1.54) is 0 Å². The number of hydrogen-bond donors (Lipinski definition) is 2. The zero-order valence-electron chi connectivity index (χ0n) is 6.99. The van der Waals surface area contributed by atoms with Gasteiger partial charge in [0.15, 0.2) is 0 Å². The molecular formula is C9H12N2O. The van der Waals surface area contributed by atoms with Crippen molar-refractivity contribution in [2.75, 3.05) is 12.4 Å². The SMILES string of the molecule is CN=CNc1ccccc1CO. The molecule has 64 valence electrons. The second kappa shape index (κ2) is 4.51. The fourth-order valence-corrected chi connectivity index (χ4v) is 0.933. The molecule has 0 radical (unpaired) electrons. The summed E-state index contributed by atoms with van der Waals surface area (Å²) in [7, 11) is 1.69. The van der Waals surface area contributed by atoms with Crippen molar-refractivity contribution in [2.24, 2.45) is 4.99 Å². The standard InChI is InChI=1S/C9H12N2O/c1-10-7-11-9-5-3-2-4-8(9)6-12/h2-5,7,12H,6H2,1H3,(H,10,11). The van der Waals surface area contributed by atoms with Crippen LogP contribution < -0.4 is 5.32 Å². The van der Waals surface area contributed by atoms with Gasteiger partial charge in [-0.25, -0.2) is 0 Å². The van der Waals surface area contributed by atoms with Crippen molar-refractivity contribution in [3.63, 3.8) is 0 Å². The van der Waals surface area contributed by atoms with Gasteiger partial charge in [-0.3, -0.25) is 4.99 Å². The van der Waals surface area contributed by atoms with E-state index in [-0.39, 0.29) is 6.61 Å². The fraction of sp³-hybridized carbons (Fsp3) is 0.222. The lowest BCUT2D eigenvalue weighted by Crippen LogP contribution is -1.98. The van der Waals surface area contributed by atoms with Gasteiger partial charge >= 0.3 is 0 Å². The lowest BCUT2D eigenvalue weighted by molar-refractivity contribution is 0.282. The van der Waals surface area contributed by atoms with Gasteiger partial charge in [0.25, 0.3) is 0 Å². The molecule has 3 heteroatoms. The molecule has 0 fully saturated rings. The number of anilines is 1. The van der Waals surface area contributed by atoms with Crippen LogP contribution in [0.4, 0.5) is 5.69 Å². The van der Waals surface area contributed by atoms with Crippen LogP contribution in [0.15, 0.2) is 29.3 Å². The van der Waals surface area contributed by atoms with Crippen LogP contribution >= 0.6 is 0 Å². The lowest BCUT2D eigenvalue weighted by Gasteiger charge is -2.04. The van der Waals surface area contributed by atoms with Crippen molar-refractivity contribution in [2.45, 2.75) is 6.61 Å². The first-order valence-electron chi connectivity index (χ1n) is 3.74. The van der Waals surface area contributed by atoms with Crippen molar-refractivity contribution in [1.82, 2.24) is 0 Å². The summed E-state index contributed by atoms with van der Waals surface area (Å²) in [6.07, 6.45) is 1.59. The highest BCUT2D eigenvalue weighted by atomic mass is 16.3. The summed E-state index contributed by atoms with van der Waals surface area (Å²) in [5.74, 6) is 0. The number of aliphatic hydroxyl groups is 1. The van der Waals surface area contributed by atoms with Gasteiger partial charge in [0.2, 0.25) is 0 Å². The van der Waals surface area contributed by atoms with Crippen LogP contribution in [0.5, 0.6) is 0 Å². The number of aliphatic imine (C=N–C) groups is 1. The molecule has 2 N–H and O–H groups in total. The Morgan fingerprint density at radius 2 is 2.25 bits per heavy atom. The van der Waals surface area contributed by atoms with Crippen molar-refractivity contribution >= 4 is 12.0 Å². The van der Waals surface area contributed by atoms with E-state index in [9.17, 15) is 0 Å². The highest BCUT2D eigenvalue weighted by Crippen LogP contribution is 2.13. The maximum absolute atomic E-state index is 8.93. The van der Waals surface area contributed by atoms with Crippen LogP contribution in [0.1, 0.15) is 5.56 Å². The third-order valence-corrected chi connectivity index (χ3v) is 1.54. The molecular weight excluding hydrogens is 152 g/mol. The van der Waals surface area contributed by atoms with E-state index in [0.29, 0.717) is 0 Å². The molecule has 1 aromatic rings. The number of aliphatic hydroxyl groups excluding tert-OH is 1. The molecule has 3 nitrogen and oxygen atoms in total. The average molecular weight is 164 g/mol. The molecule has 0 aliphatic rings. The molecule has 0 aromatic heterocycles. The number of nitrogens with zero attached hydrogens (tertiary/aromatic N) is 1. The highest BCUT2D eigenvalue weighted by Gasteiger charge is 1.96. The molecule has 0 atom stereocenters. The molecule has 0 amide bonds. The van der Waals surface area contributed by atoms with Crippen molar-refractivity contribution in [3.05, 3.63) is 29.8 Å². The van der Waals surface area contributed by atoms with Gasteiger partial charge in [-0.1, -0.05) is 18.2 Å². The molecule has 0 aliphatic carbocycles. The normalized spacial score (nSPS) is 10.5. The maximum atomic E-state index is 8.93. The van der Waals surface area contributed by atoms with Gasteiger partial charge in [-0.15, -0.1) is 0 Å². The fourth-order valence-electron chi connectivity index (χ4n) is 0.933. The zero-order chi connectivity index (χ0) is 8.81. The Bertz CT molecular complexity index is 271. The average Bonchev–Trinajstić information content (AvgIpc) is 2.15. The Labute approximate surface area is 71.8 Å². The Balaban J connectivity index is 2.81. The molecule has 1 rings (SSSR count). The maximum Gasteiger partial charge on any atom is 0.0864 e. The largest absolute Gasteiger partial charge is 0.392 e. The summed E-state index contributed by atoms with van der Waals surface area (Å²) < 4.78 is 0. The Morgan fingerprint density at radius 3 is 2.92 bits per heavy atom. The topological polar surface area (TPSA) is 44.6 Å². The van der Waals surface area contributed by atoms with E-state index < -0.39 is 0 Å². The number of hydrogen-bond acceptors (Lipinski definition) is 2. The minimum absolute atomic E-state index is 0.0424. The van der Waals surface area contributed by atoms with Gasteiger partial charge in [-0.05, 0) is 6.07 Å². The van der Waals surface area contributed by atoms with Gasteiger partial charge in [-0.2, -0.15) is 0 Å². The third-order valence-electron chi connectivity index (χ3n) is 1.54. The second-order valence-corrected chi connectivity index (χ2v) is 2.35. The molecule has 1 aromatic carbocycles. The number of benzene rings is 1. The molecule has 0 heterocycles. The first-order chi connectivity index (χ1) is 5.88. The van der Waals surface area contributed by atoms with Gasteiger partial charge in [0, 0.05) is 18.3 Å². The minimum Gasteiger partial charge on any atom is -0.392 e. The van der Waals surface area contributed by atoms with Crippen molar-refractivity contribution in [1.29, 1.82) is 0 Å². The van der Waals surface area contributed by atoms with E-state index in [4.69, 9.17) is 5.11 Å². The van der Waals surface area contributed by atoms with E-state index in [2.05, 4.69) is 10.3 Å². The molecule has 0 bridgehead atoms. The summed E-state index contributed by atoms with van der Waals surface area (Å²) in [4.78, 5) is 3.79. The van der Waals surface area contributed by atoms with Crippen LogP contribution in [0.3, 0.4) is 0 Å². The minimum atomic E-state index is 0.0424. The van der Waals surface area contributed by atoms with E-state index in [1.807, 2.05) is 24.3 Å². The molecule has 12 heavy (non-hydrogen) atoms. The van der Waals surface area contributed by atoms with Crippen LogP contribution in [0.25, 0.3) is 0 Å². The Hall–Kier alpha value is -1.35.